The fourth-order valence-electron chi connectivity index (χ4n) is 6.60. The fraction of sp³-hybridized carbons (Fsp3) is 0.714. The second-order valence-corrected chi connectivity index (χ2v) is 10.3. The van der Waals surface area contributed by atoms with Gasteiger partial charge in [0.2, 0.25) is 0 Å². The van der Waals surface area contributed by atoms with Crippen molar-refractivity contribution in [2.45, 2.75) is 104 Å². The highest BCUT2D eigenvalue weighted by Crippen LogP contribution is 2.62. The van der Waals surface area contributed by atoms with Crippen LogP contribution in [0.5, 0.6) is 0 Å². The molecule has 0 amide bonds. The SMILES string of the molecule is CCCCC1CCC(C23CCC(C#Cc4ccc(CC)cc4)(CC2)CC3)CC1. The lowest BCUT2D eigenvalue weighted by Gasteiger charge is -2.56. The zero-order valence-corrected chi connectivity index (χ0v) is 18.4. The maximum atomic E-state index is 3.78. The van der Waals surface area contributed by atoms with Gasteiger partial charge in [-0.05, 0) is 92.7 Å². The van der Waals surface area contributed by atoms with E-state index in [-0.39, 0.29) is 0 Å². The zero-order valence-electron chi connectivity index (χ0n) is 18.4. The molecule has 0 unspecified atom stereocenters. The summed E-state index contributed by atoms with van der Waals surface area (Å²) in [7, 11) is 0. The van der Waals surface area contributed by atoms with E-state index in [4.69, 9.17) is 0 Å². The van der Waals surface area contributed by atoms with Gasteiger partial charge in [-0.25, -0.2) is 0 Å². The number of unbranched alkanes of at least 4 members (excludes halogenated alkanes) is 1. The Hall–Kier alpha value is -1.22. The van der Waals surface area contributed by atoms with E-state index in [1.54, 1.807) is 0 Å². The van der Waals surface area contributed by atoms with Gasteiger partial charge < -0.3 is 0 Å². The van der Waals surface area contributed by atoms with Gasteiger partial charge in [0.15, 0.2) is 0 Å². The van der Waals surface area contributed by atoms with Crippen LogP contribution in [-0.2, 0) is 6.42 Å². The molecule has 4 aliphatic rings. The molecule has 0 heterocycles. The van der Waals surface area contributed by atoms with Crippen molar-refractivity contribution in [3.63, 3.8) is 0 Å². The lowest BCUT2D eigenvalue weighted by Crippen LogP contribution is -2.45. The Kier molecular flexibility index (Phi) is 6.20. The summed E-state index contributed by atoms with van der Waals surface area (Å²) >= 11 is 0. The van der Waals surface area contributed by atoms with Crippen LogP contribution in [0.25, 0.3) is 0 Å². The summed E-state index contributed by atoms with van der Waals surface area (Å²) < 4.78 is 0. The molecule has 0 aromatic heterocycles. The zero-order chi connectivity index (χ0) is 19.5. The second-order valence-electron chi connectivity index (χ2n) is 10.3. The van der Waals surface area contributed by atoms with Crippen molar-refractivity contribution in [3.05, 3.63) is 35.4 Å². The fourth-order valence-corrected chi connectivity index (χ4v) is 6.60. The molecule has 1 aromatic rings. The predicted molar refractivity (Wildman–Crippen MR) is 120 cm³/mol. The molecule has 0 saturated heterocycles. The summed E-state index contributed by atoms with van der Waals surface area (Å²) in [6, 6.07) is 8.92. The normalized spacial score (nSPS) is 34.6. The van der Waals surface area contributed by atoms with Gasteiger partial charge in [0, 0.05) is 11.0 Å². The minimum Gasteiger partial charge on any atom is -0.0911 e. The molecule has 0 N–H and O–H groups in total. The minimum absolute atomic E-state index is 0.337. The molecule has 5 rings (SSSR count). The first-order chi connectivity index (χ1) is 13.7. The third kappa shape index (κ3) is 4.20. The first-order valence-electron chi connectivity index (χ1n) is 12.3. The van der Waals surface area contributed by atoms with Crippen LogP contribution in [0.1, 0.15) is 108 Å². The number of hydrogen-bond donors (Lipinski definition) is 0. The number of fused-ring (bicyclic) bond motifs is 3. The molecular weight excluding hydrogens is 336 g/mol. The number of aryl methyl sites for hydroxylation is 1. The van der Waals surface area contributed by atoms with E-state index in [0.717, 1.165) is 18.3 Å². The van der Waals surface area contributed by atoms with Crippen molar-refractivity contribution < 1.29 is 0 Å². The summed E-state index contributed by atoms with van der Waals surface area (Å²) in [5, 5.41) is 0. The van der Waals surface area contributed by atoms with Gasteiger partial charge in [0.1, 0.15) is 0 Å². The van der Waals surface area contributed by atoms with Crippen molar-refractivity contribution >= 4 is 0 Å². The van der Waals surface area contributed by atoms with Crippen LogP contribution in [0, 0.1) is 34.5 Å². The highest BCUT2D eigenvalue weighted by molar-refractivity contribution is 5.38. The average molecular weight is 377 g/mol. The van der Waals surface area contributed by atoms with Crippen molar-refractivity contribution in [2.24, 2.45) is 22.7 Å². The highest BCUT2D eigenvalue weighted by atomic mass is 14.6. The third-order valence-corrected chi connectivity index (χ3v) is 8.82. The van der Waals surface area contributed by atoms with Crippen LogP contribution in [0.3, 0.4) is 0 Å². The lowest BCUT2D eigenvalue weighted by atomic mass is 9.48. The molecule has 0 radical (unpaired) electrons. The molecule has 28 heavy (non-hydrogen) atoms. The largest absolute Gasteiger partial charge is 0.0911 e. The van der Waals surface area contributed by atoms with Crippen molar-refractivity contribution in [2.75, 3.05) is 0 Å². The first kappa shape index (κ1) is 20.1. The Morgan fingerprint density at radius 1 is 0.857 bits per heavy atom. The molecule has 4 fully saturated rings. The molecule has 4 saturated carbocycles. The second kappa shape index (κ2) is 8.65. The number of rotatable bonds is 5. The van der Waals surface area contributed by atoms with Crippen molar-refractivity contribution in [3.8, 4) is 11.8 Å². The van der Waals surface area contributed by atoms with Gasteiger partial charge in [0.05, 0.1) is 0 Å². The van der Waals surface area contributed by atoms with Gasteiger partial charge in [-0.2, -0.15) is 0 Å². The summed E-state index contributed by atoms with van der Waals surface area (Å²) in [4.78, 5) is 0. The third-order valence-electron chi connectivity index (χ3n) is 8.82. The van der Waals surface area contributed by atoms with Crippen molar-refractivity contribution in [1.29, 1.82) is 0 Å². The quantitative estimate of drug-likeness (QED) is 0.457. The lowest BCUT2D eigenvalue weighted by molar-refractivity contribution is -0.0379. The average Bonchev–Trinajstić information content (AvgIpc) is 2.78. The summed E-state index contributed by atoms with van der Waals surface area (Å²) in [6.45, 7) is 4.55. The monoisotopic (exact) mass is 376 g/mol. The van der Waals surface area contributed by atoms with Crippen LogP contribution < -0.4 is 0 Å². The first-order valence-corrected chi connectivity index (χ1v) is 12.3. The van der Waals surface area contributed by atoms with Crippen LogP contribution in [-0.4, -0.2) is 0 Å². The van der Waals surface area contributed by atoms with Crippen LogP contribution >= 0.6 is 0 Å². The molecule has 2 bridgehead atoms. The molecule has 1 aromatic carbocycles. The van der Waals surface area contributed by atoms with Gasteiger partial charge in [0.25, 0.3) is 0 Å². The van der Waals surface area contributed by atoms with Crippen LogP contribution in [0.4, 0.5) is 0 Å². The summed E-state index contributed by atoms with van der Waals surface area (Å²) in [5.41, 5.74) is 3.65. The maximum absolute atomic E-state index is 3.78. The molecule has 0 heteroatoms. The van der Waals surface area contributed by atoms with E-state index in [2.05, 4.69) is 50.0 Å². The van der Waals surface area contributed by atoms with Gasteiger partial charge >= 0.3 is 0 Å². The number of hydrogen-bond acceptors (Lipinski definition) is 0. The van der Waals surface area contributed by atoms with E-state index in [1.165, 1.54) is 94.6 Å². The summed E-state index contributed by atoms with van der Waals surface area (Å²) in [6.07, 6.45) is 20.0. The molecule has 152 valence electrons. The Labute approximate surface area is 173 Å². The highest BCUT2D eigenvalue weighted by Gasteiger charge is 2.51. The Bertz CT molecular complexity index is 665. The van der Waals surface area contributed by atoms with E-state index in [9.17, 15) is 0 Å². The van der Waals surface area contributed by atoms with E-state index in [0.29, 0.717) is 10.8 Å². The van der Waals surface area contributed by atoms with E-state index < -0.39 is 0 Å². The molecular formula is C28H40. The molecule has 4 aliphatic carbocycles. The topological polar surface area (TPSA) is 0 Å². The van der Waals surface area contributed by atoms with Gasteiger partial charge in [-0.1, -0.05) is 69.9 Å². The minimum atomic E-state index is 0.337. The van der Waals surface area contributed by atoms with Crippen LogP contribution in [0.15, 0.2) is 24.3 Å². The van der Waals surface area contributed by atoms with Crippen molar-refractivity contribution in [1.82, 2.24) is 0 Å². The smallest absolute Gasteiger partial charge is 0.0319 e. The number of benzene rings is 1. The maximum Gasteiger partial charge on any atom is 0.0319 e. The van der Waals surface area contributed by atoms with Gasteiger partial charge in [-0.3, -0.25) is 0 Å². The van der Waals surface area contributed by atoms with Gasteiger partial charge in [-0.15, -0.1) is 0 Å². The molecule has 0 aliphatic heterocycles. The Morgan fingerprint density at radius 2 is 1.50 bits per heavy atom. The predicted octanol–water partition coefficient (Wildman–Crippen LogP) is 7.94. The Morgan fingerprint density at radius 3 is 2.07 bits per heavy atom. The standard InChI is InChI=1S/C28H40/c1-3-5-6-24-11-13-26(14-12-24)28-20-17-27(18-21-28,19-22-28)16-15-25-9-7-23(4-2)8-10-25/h7-10,24,26H,3-6,11-14,17-22H2,1-2H3. The van der Waals surface area contributed by atoms with E-state index in [1.807, 2.05) is 0 Å². The van der Waals surface area contributed by atoms with E-state index >= 15 is 0 Å². The van der Waals surface area contributed by atoms with Crippen LogP contribution in [0.2, 0.25) is 0 Å². The Balaban J connectivity index is 1.34. The molecule has 0 spiro atoms. The summed E-state index contributed by atoms with van der Waals surface area (Å²) in [5.74, 6) is 9.40. The molecule has 0 nitrogen and oxygen atoms in total. The molecule has 0 atom stereocenters.